The molecule has 1 rings (SSSR count). The number of aliphatic imine (C=N–C) groups is 1. The SMILES string of the molecule is CC(C)[C@H](NC(=O)[C@@H]1CCCN1C(=O)[C@H](C)NC(=O)[C@H](C)N)C(=O)N[C@@H](CO)C(=O)N[C@@H](CCCN=C(N)N)C(=O)N[C@@H](CCC(=O)O)C(=O)N[C@@H](CCC(=O)O)C(=O)N[C@@H](CCCCN)C(=O)O. The van der Waals surface area contributed by atoms with Crippen LogP contribution < -0.4 is 60.2 Å². The molecular weight excluding hydrogens is 915 g/mol. The summed E-state index contributed by atoms with van der Waals surface area (Å²) in [4.78, 5) is 147. The van der Waals surface area contributed by atoms with Crippen LogP contribution in [0.4, 0.5) is 0 Å². The minimum absolute atomic E-state index is 0.00525. The van der Waals surface area contributed by atoms with Crippen LogP contribution >= 0.6 is 0 Å². The number of guanidine groups is 1. The van der Waals surface area contributed by atoms with Crippen molar-refractivity contribution in [3.63, 3.8) is 0 Å². The first kappa shape index (κ1) is 60.3. The van der Waals surface area contributed by atoms with Gasteiger partial charge in [0.1, 0.15) is 48.3 Å². The molecule has 390 valence electrons. The molecule has 0 aromatic rings. The lowest BCUT2D eigenvalue weighted by molar-refractivity contribution is -0.143. The molecule has 0 radical (unpaired) electrons. The van der Waals surface area contributed by atoms with Gasteiger partial charge in [0.15, 0.2) is 5.96 Å². The molecule has 1 aliphatic rings. The summed E-state index contributed by atoms with van der Waals surface area (Å²) in [6.07, 6.45) is -1.45. The van der Waals surface area contributed by atoms with E-state index in [1.54, 1.807) is 13.8 Å². The molecule has 0 unspecified atom stereocenters. The predicted octanol–water partition coefficient (Wildman–Crippen LogP) is -5.62. The summed E-state index contributed by atoms with van der Waals surface area (Å²) in [6, 6.07) is -12.5. The van der Waals surface area contributed by atoms with Crippen LogP contribution in [0.15, 0.2) is 4.99 Å². The van der Waals surface area contributed by atoms with Crippen molar-refractivity contribution in [1.29, 1.82) is 0 Å². The lowest BCUT2D eigenvalue weighted by Crippen LogP contribution is -2.61. The van der Waals surface area contributed by atoms with Crippen molar-refractivity contribution < 1.29 is 73.2 Å². The maximum absolute atomic E-state index is 13.9. The Morgan fingerprint density at radius 2 is 1.10 bits per heavy atom. The van der Waals surface area contributed by atoms with Crippen LogP contribution in [0.2, 0.25) is 0 Å². The van der Waals surface area contributed by atoms with E-state index in [0.29, 0.717) is 19.3 Å². The van der Waals surface area contributed by atoms with Crippen LogP contribution in [0.25, 0.3) is 0 Å². The molecule has 28 nitrogen and oxygen atoms in total. The largest absolute Gasteiger partial charge is 0.481 e. The number of aliphatic hydroxyl groups excluding tert-OH is 1. The molecule has 0 spiro atoms. The molecule has 1 aliphatic heterocycles. The van der Waals surface area contributed by atoms with E-state index < -0.39 is 158 Å². The highest BCUT2D eigenvalue weighted by Gasteiger charge is 2.39. The van der Waals surface area contributed by atoms with E-state index in [1.807, 2.05) is 0 Å². The van der Waals surface area contributed by atoms with Gasteiger partial charge in [-0.3, -0.25) is 52.9 Å². The first-order chi connectivity index (χ1) is 32.3. The monoisotopic (exact) mass is 986 g/mol. The van der Waals surface area contributed by atoms with Gasteiger partial charge in [-0.25, -0.2) is 4.79 Å². The number of hydrogen-bond donors (Lipinski definition) is 15. The molecule has 1 fully saturated rings. The zero-order valence-electron chi connectivity index (χ0n) is 39.4. The molecule has 69 heavy (non-hydrogen) atoms. The Morgan fingerprint density at radius 3 is 1.55 bits per heavy atom. The number of aliphatic carboxylic acids is 3. The number of hydrogen-bond acceptors (Lipinski definition) is 15. The zero-order chi connectivity index (χ0) is 52.5. The molecule has 0 saturated carbocycles. The van der Waals surface area contributed by atoms with E-state index in [4.69, 9.17) is 22.9 Å². The first-order valence-corrected chi connectivity index (χ1v) is 22.6. The van der Waals surface area contributed by atoms with Gasteiger partial charge in [0.05, 0.1) is 12.6 Å². The summed E-state index contributed by atoms with van der Waals surface area (Å²) in [7, 11) is 0. The fourth-order valence-corrected chi connectivity index (χ4v) is 6.88. The number of unbranched alkanes of at least 4 members (excludes halogenated alkanes) is 1. The van der Waals surface area contributed by atoms with Crippen LogP contribution in [0.3, 0.4) is 0 Å². The Labute approximate surface area is 398 Å². The number of aliphatic hydroxyl groups is 1. The van der Waals surface area contributed by atoms with E-state index in [-0.39, 0.29) is 51.3 Å². The van der Waals surface area contributed by atoms with Crippen LogP contribution in [0, 0.1) is 5.92 Å². The smallest absolute Gasteiger partial charge is 0.326 e. The molecule has 1 heterocycles. The van der Waals surface area contributed by atoms with Crippen LogP contribution in [0.5, 0.6) is 0 Å². The molecule has 9 atom stereocenters. The van der Waals surface area contributed by atoms with Gasteiger partial charge in [-0.1, -0.05) is 13.8 Å². The number of likely N-dealkylation sites (tertiary alicyclic amines) is 1. The third kappa shape index (κ3) is 21.9. The molecule has 28 heteroatoms. The van der Waals surface area contributed by atoms with Crippen LogP contribution in [-0.4, -0.2) is 177 Å². The second kappa shape index (κ2) is 30.6. The molecule has 1 saturated heterocycles. The van der Waals surface area contributed by atoms with Gasteiger partial charge >= 0.3 is 17.9 Å². The minimum Gasteiger partial charge on any atom is -0.481 e. The molecule has 8 amide bonds. The molecule has 0 aliphatic carbocycles. The lowest BCUT2D eigenvalue weighted by Gasteiger charge is -2.30. The van der Waals surface area contributed by atoms with Gasteiger partial charge in [-0.05, 0) is 84.1 Å². The topological polar surface area (TPSA) is 473 Å². The van der Waals surface area contributed by atoms with Gasteiger partial charge in [-0.2, -0.15) is 0 Å². The normalized spacial score (nSPS) is 16.7. The lowest BCUT2D eigenvalue weighted by atomic mass is 10.0. The van der Waals surface area contributed by atoms with E-state index in [9.17, 15) is 73.2 Å². The van der Waals surface area contributed by atoms with Crippen molar-refractivity contribution in [3.8, 4) is 0 Å². The Balaban J connectivity index is 3.36. The Kier molecular flexibility index (Phi) is 26.8. The molecule has 0 aromatic heterocycles. The van der Waals surface area contributed by atoms with Crippen molar-refractivity contribution in [2.24, 2.45) is 33.8 Å². The summed E-state index contributed by atoms with van der Waals surface area (Å²) >= 11 is 0. The second-order valence-electron chi connectivity index (χ2n) is 16.9. The third-order valence-electron chi connectivity index (χ3n) is 10.7. The summed E-state index contributed by atoms with van der Waals surface area (Å²) < 4.78 is 0. The Hall–Kier alpha value is -6.68. The van der Waals surface area contributed by atoms with Gasteiger partial charge in [0.2, 0.25) is 47.3 Å². The van der Waals surface area contributed by atoms with Crippen molar-refractivity contribution >= 4 is 71.1 Å². The predicted molar refractivity (Wildman–Crippen MR) is 244 cm³/mol. The highest BCUT2D eigenvalue weighted by atomic mass is 16.4. The zero-order valence-corrected chi connectivity index (χ0v) is 39.4. The van der Waals surface area contributed by atoms with Gasteiger partial charge < -0.3 is 85.5 Å². The summed E-state index contributed by atoms with van der Waals surface area (Å²) in [5.74, 6) is -12.4. The molecule has 0 aromatic carbocycles. The standard InChI is InChI=1S/C41H71N13O15/c1-20(2)31(53-37(65)28-11-8-18-54(28)39(67)22(4)47-32(60)21(3)43)38(66)52-27(19-55)36(64)48-23(10-7-17-46-41(44)45)33(61)49-24(12-14-29(56)57)34(62)50-25(13-15-30(58)59)35(63)51-26(40(68)69)9-5-6-16-42/h20-28,31,55H,5-19,42-43H2,1-4H3,(H,47,60)(H,48,64)(H,49,61)(H,50,62)(H,51,63)(H,52,66)(H,53,65)(H,56,57)(H,58,59)(H,68,69)(H4,44,45,46)/t21-,22-,23-,24-,25-,26-,27-,28-,31-/m0/s1. The first-order valence-electron chi connectivity index (χ1n) is 22.6. The number of carboxylic acid groups (broad SMARTS) is 3. The van der Waals surface area contributed by atoms with Crippen molar-refractivity contribution in [3.05, 3.63) is 0 Å². The third-order valence-corrected chi connectivity index (χ3v) is 10.7. The number of amides is 8. The molecule has 19 N–H and O–H groups in total. The quantitative estimate of drug-likeness (QED) is 0.0170. The van der Waals surface area contributed by atoms with E-state index in [1.165, 1.54) is 18.7 Å². The van der Waals surface area contributed by atoms with E-state index in [2.05, 4.69) is 42.2 Å². The maximum Gasteiger partial charge on any atom is 0.326 e. The fraction of sp³-hybridized carbons (Fsp3) is 0.707. The average Bonchev–Trinajstić information content (AvgIpc) is 3.77. The number of carbonyl (C=O) groups excluding carboxylic acids is 8. The van der Waals surface area contributed by atoms with Crippen LogP contribution in [-0.2, 0) is 52.7 Å². The number of nitrogens with two attached hydrogens (primary N) is 4. The number of nitrogens with zero attached hydrogens (tertiary/aromatic N) is 2. The Bertz CT molecular complexity index is 1850. The van der Waals surface area contributed by atoms with Gasteiger partial charge in [-0.15, -0.1) is 0 Å². The highest BCUT2D eigenvalue weighted by Crippen LogP contribution is 2.20. The number of carbonyl (C=O) groups is 11. The summed E-state index contributed by atoms with van der Waals surface area (Å²) in [5.41, 5.74) is 21.9. The maximum atomic E-state index is 13.9. The van der Waals surface area contributed by atoms with E-state index in [0.717, 1.165) is 0 Å². The van der Waals surface area contributed by atoms with Crippen molar-refractivity contribution in [1.82, 2.24) is 42.1 Å². The summed E-state index contributed by atoms with van der Waals surface area (Å²) in [5, 5.41) is 55.3. The molecular formula is C41H71N13O15. The van der Waals surface area contributed by atoms with Crippen molar-refractivity contribution in [2.75, 3.05) is 26.2 Å². The fourth-order valence-electron chi connectivity index (χ4n) is 6.88. The number of nitrogens with one attached hydrogen (secondary N) is 7. The highest BCUT2D eigenvalue weighted by molar-refractivity contribution is 5.98. The second-order valence-corrected chi connectivity index (χ2v) is 16.9. The number of carboxylic acids is 3. The average molecular weight is 986 g/mol. The van der Waals surface area contributed by atoms with Crippen molar-refractivity contribution in [2.45, 2.75) is 153 Å². The number of rotatable bonds is 32. The molecule has 0 bridgehead atoms. The van der Waals surface area contributed by atoms with Gasteiger partial charge in [0.25, 0.3) is 0 Å². The summed E-state index contributed by atoms with van der Waals surface area (Å²) in [6.45, 7) is 5.34. The minimum atomic E-state index is -1.76. The Morgan fingerprint density at radius 1 is 0.623 bits per heavy atom. The van der Waals surface area contributed by atoms with E-state index >= 15 is 0 Å². The van der Waals surface area contributed by atoms with Crippen LogP contribution in [0.1, 0.15) is 98.3 Å². The van der Waals surface area contributed by atoms with Gasteiger partial charge in [0, 0.05) is 25.9 Å².